The summed E-state index contributed by atoms with van der Waals surface area (Å²) in [5, 5.41) is 0.555. The average Bonchev–Trinajstić information content (AvgIpc) is 2.26. The van der Waals surface area contributed by atoms with E-state index in [2.05, 4.69) is 14.7 Å². The van der Waals surface area contributed by atoms with Crippen LogP contribution in [0.25, 0.3) is 0 Å². The fourth-order valence-corrected chi connectivity index (χ4v) is 3.14. The Morgan fingerprint density at radius 3 is 2.16 bits per heavy atom. The van der Waals surface area contributed by atoms with Crippen LogP contribution in [0.1, 0.15) is 0 Å². The van der Waals surface area contributed by atoms with Crippen LogP contribution >= 0.6 is 34.8 Å². The van der Waals surface area contributed by atoms with E-state index in [9.17, 15) is 8.42 Å². The molecule has 0 fully saturated rings. The molecule has 1 aromatic carbocycles. The van der Waals surface area contributed by atoms with Gasteiger partial charge in [0, 0.05) is 16.1 Å². The first-order valence-corrected chi connectivity index (χ1v) is 7.45. The SMILES string of the molecule is O=S(=O)(Nc1cc(Cl)ncn1)c1cc(Cl)cc(Cl)c1. The second-order valence-electron chi connectivity index (χ2n) is 3.44. The maximum atomic E-state index is 12.1. The van der Waals surface area contributed by atoms with Crippen LogP contribution in [0.4, 0.5) is 5.82 Å². The molecule has 0 saturated heterocycles. The third-order valence-electron chi connectivity index (χ3n) is 2.02. The highest BCUT2D eigenvalue weighted by molar-refractivity contribution is 7.92. The molecule has 2 aromatic rings. The summed E-state index contributed by atoms with van der Waals surface area (Å²) in [6.07, 6.45) is 1.14. The lowest BCUT2D eigenvalue weighted by atomic mass is 10.4. The monoisotopic (exact) mass is 337 g/mol. The fraction of sp³-hybridized carbons (Fsp3) is 0. The van der Waals surface area contributed by atoms with Crippen LogP contribution in [0.3, 0.4) is 0 Å². The van der Waals surface area contributed by atoms with Gasteiger partial charge < -0.3 is 0 Å². The second kappa shape index (κ2) is 5.50. The van der Waals surface area contributed by atoms with E-state index in [1.54, 1.807) is 0 Å². The predicted octanol–water partition coefficient (Wildman–Crippen LogP) is 3.24. The van der Waals surface area contributed by atoms with E-state index in [0.717, 1.165) is 6.33 Å². The minimum atomic E-state index is -3.84. The van der Waals surface area contributed by atoms with Crippen LogP contribution in [0.15, 0.2) is 35.5 Å². The van der Waals surface area contributed by atoms with Crippen LogP contribution in [-0.2, 0) is 10.0 Å². The van der Waals surface area contributed by atoms with Crippen molar-refractivity contribution in [3.8, 4) is 0 Å². The quantitative estimate of drug-likeness (QED) is 0.872. The van der Waals surface area contributed by atoms with Crippen molar-refractivity contribution in [2.45, 2.75) is 4.90 Å². The highest BCUT2D eigenvalue weighted by Crippen LogP contribution is 2.23. The molecule has 19 heavy (non-hydrogen) atoms. The molecule has 1 aromatic heterocycles. The molecule has 0 radical (unpaired) electrons. The Labute approximate surface area is 124 Å². The lowest BCUT2D eigenvalue weighted by Gasteiger charge is -2.08. The van der Waals surface area contributed by atoms with Gasteiger partial charge in [-0.25, -0.2) is 18.4 Å². The number of nitrogens with zero attached hydrogens (tertiary/aromatic N) is 2. The number of hydrogen-bond donors (Lipinski definition) is 1. The number of benzene rings is 1. The van der Waals surface area contributed by atoms with Crippen molar-refractivity contribution in [3.63, 3.8) is 0 Å². The largest absolute Gasteiger partial charge is 0.263 e. The Kier molecular flexibility index (Phi) is 4.15. The Morgan fingerprint density at radius 1 is 0.947 bits per heavy atom. The highest BCUT2D eigenvalue weighted by atomic mass is 35.5. The Morgan fingerprint density at radius 2 is 1.58 bits per heavy atom. The third kappa shape index (κ3) is 3.70. The van der Waals surface area contributed by atoms with Gasteiger partial charge in [-0.1, -0.05) is 34.8 Å². The fourth-order valence-electron chi connectivity index (χ4n) is 1.27. The molecular formula is C10H6Cl3N3O2S. The molecule has 2 rings (SSSR count). The van der Waals surface area contributed by atoms with Gasteiger partial charge in [0.15, 0.2) is 0 Å². The summed E-state index contributed by atoms with van der Waals surface area (Å²) in [4.78, 5) is 7.32. The molecule has 0 spiro atoms. The van der Waals surface area contributed by atoms with Gasteiger partial charge in [0.25, 0.3) is 10.0 Å². The summed E-state index contributed by atoms with van der Waals surface area (Å²) in [5.41, 5.74) is 0. The third-order valence-corrected chi connectivity index (χ3v) is 4.00. The zero-order chi connectivity index (χ0) is 14.0. The van der Waals surface area contributed by atoms with Crippen molar-refractivity contribution < 1.29 is 8.42 Å². The van der Waals surface area contributed by atoms with Crippen molar-refractivity contribution in [2.24, 2.45) is 0 Å². The molecule has 5 nitrogen and oxygen atoms in total. The number of nitrogens with one attached hydrogen (secondary N) is 1. The van der Waals surface area contributed by atoms with Crippen molar-refractivity contribution in [2.75, 3.05) is 4.72 Å². The smallest absolute Gasteiger partial charge is 0.263 e. The Balaban J connectivity index is 2.37. The van der Waals surface area contributed by atoms with Crippen molar-refractivity contribution in [1.29, 1.82) is 0 Å². The number of rotatable bonds is 3. The maximum Gasteiger partial charge on any atom is 0.263 e. The number of sulfonamides is 1. The molecule has 100 valence electrons. The molecule has 1 heterocycles. The van der Waals surface area contributed by atoms with E-state index in [4.69, 9.17) is 34.8 Å². The summed E-state index contributed by atoms with van der Waals surface area (Å²) in [6, 6.07) is 5.27. The molecule has 0 amide bonds. The predicted molar refractivity (Wildman–Crippen MR) is 74.3 cm³/mol. The van der Waals surface area contributed by atoms with E-state index >= 15 is 0 Å². The maximum absolute atomic E-state index is 12.1. The molecule has 0 bridgehead atoms. The van der Waals surface area contributed by atoms with E-state index in [1.165, 1.54) is 24.3 Å². The summed E-state index contributed by atoms with van der Waals surface area (Å²) >= 11 is 17.2. The first kappa shape index (κ1) is 14.3. The van der Waals surface area contributed by atoms with Crippen LogP contribution in [-0.4, -0.2) is 18.4 Å². The van der Waals surface area contributed by atoms with Gasteiger partial charge in [0.05, 0.1) is 4.90 Å². The number of hydrogen-bond acceptors (Lipinski definition) is 4. The summed E-state index contributed by atoms with van der Waals surface area (Å²) < 4.78 is 26.4. The molecule has 0 aliphatic rings. The van der Waals surface area contributed by atoms with Gasteiger partial charge in [-0.2, -0.15) is 0 Å². The lowest BCUT2D eigenvalue weighted by molar-refractivity contribution is 0.601. The zero-order valence-corrected chi connectivity index (χ0v) is 12.2. The lowest BCUT2D eigenvalue weighted by Crippen LogP contribution is -2.14. The first-order valence-electron chi connectivity index (χ1n) is 4.83. The Hall–Kier alpha value is -1.08. The minimum absolute atomic E-state index is 0.0519. The van der Waals surface area contributed by atoms with Crippen LogP contribution in [0, 0.1) is 0 Å². The normalized spacial score (nSPS) is 11.3. The molecule has 0 aliphatic carbocycles. The minimum Gasteiger partial charge on any atom is -0.263 e. The van der Waals surface area contributed by atoms with Crippen LogP contribution in [0.5, 0.6) is 0 Å². The second-order valence-corrected chi connectivity index (χ2v) is 6.38. The standard InChI is InChI=1S/C10H6Cl3N3O2S/c11-6-1-7(12)3-8(2-6)19(17,18)16-10-4-9(13)14-5-15-10/h1-5H,(H,14,15,16). The molecular weight excluding hydrogens is 333 g/mol. The summed E-state index contributed by atoms with van der Waals surface area (Å²) in [5.74, 6) is 0.0519. The topological polar surface area (TPSA) is 72.0 Å². The van der Waals surface area contributed by atoms with Crippen molar-refractivity contribution in [1.82, 2.24) is 9.97 Å². The highest BCUT2D eigenvalue weighted by Gasteiger charge is 2.16. The van der Waals surface area contributed by atoms with Crippen LogP contribution < -0.4 is 4.72 Å². The number of anilines is 1. The van der Waals surface area contributed by atoms with E-state index in [0.29, 0.717) is 0 Å². The van der Waals surface area contributed by atoms with Gasteiger partial charge >= 0.3 is 0 Å². The number of halogens is 3. The Bertz CT molecular complexity index is 701. The first-order chi connectivity index (χ1) is 8.87. The van der Waals surface area contributed by atoms with Gasteiger partial charge in [-0.3, -0.25) is 4.72 Å². The van der Waals surface area contributed by atoms with Crippen molar-refractivity contribution >= 4 is 50.6 Å². The summed E-state index contributed by atoms with van der Waals surface area (Å²) in [6.45, 7) is 0. The molecule has 0 atom stereocenters. The molecule has 1 N–H and O–H groups in total. The van der Waals surface area contributed by atoms with Gasteiger partial charge in [-0.05, 0) is 18.2 Å². The van der Waals surface area contributed by atoms with E-state index in [1.807, 2.05) is 0 Å². The van der Waals surface area contributed by atoms with Gasteiger partial charge in [0.1, 0.15) is 17.3 Å². The van der Waals surface area contributed by atoms with E-state index in [-0.39, 0.29) is 25.9 Å². The number of aromatic nitrogens is 2. The zero-order valence-electron chi connectivity index (χ0n) is 9.14. The molecule has 0 unspecified atom stereocenters. The molecule has 0 saturated carbocycles. The van der Waals surface area contributed by atoms with Crippen LogP contribution in [0.2, 0.25) is 15.2 Å². The van der Waals surface area contributed by atoms with Crippen molar-refractivity contribution in [3.05, 3.63) is 45.8 Å². The average molecular weight is 339 g/mol. The van der Waals surface area contributed by atoms with E-state index < -0.39 is 10.0 Å². The molecule has 9 heteroatoms. The van der Waals surface area contributed by atoms with Gasteiger partial charge in [0.2, 0.25) is 0 Å². The van der Waals surface area contributed by atoms with Gasteiger partial charge in [-0.15, -0.1) is 0 Å². The molecule has 0 aliphatic heterocycles. The summed E-state index contributed by atoms with van der Waals surface area (Å²) in [7, 11) is -3.84.